The van der Waals surface area contributed by atoms with E-state index in [1.807, 2.05) is 12.1 Å². The molecule has 0 aliphatic carbocycles. The summed E-state index contributed by atoms with van der Waals surface area (Å²) in [4.78, 5) is 0. The van der Waals surface area contributed by atoms with Gasteiger partial charge in [0.1, 0.15) is 5.75 Å². The van der Waals surface area contributed by atoms with E-state index in [2.05, 4.69) is 13.8 Å². The van der Waals surface area contributed by atoms with Crippen LogP contribution in [0.15, 0.2) is 18.2 Å². The summed E-state index contributed by atoms with van der Waals surface area (Å²) in [5, 5.41) is 9.46. The fourth-order valence-corrected chi connectivity index (χ4v) is 2.50. The van der Waals surface area contributed by atoms with E-state index in [0.29, 0.717) is 5.75 Å². The molecule has 0 spiro atoms. The van der Waals surface area contributed by atoms with Gasteiger partial charge in [0.05, 0.1) is 12.2 Å². The Balaban J connectivity index is 2.50. The summed E-state index contributed by atoms with van der Waals surface area (Å²) in [6.45, 7) is 5.08. The maximum Gasteiger partial charge on any atom is 0.115 e. The van der Waals surface area contributed by atoms with Crippen LogP contribution in [-0.2, 0) is 16.8 Å². The molecule has 1 aliphatic rings. The molecule has 0 saturated carbocycles. The Labute approximate surface area is 90.9 Å². The van der Waals surface area contributed by atoms with E-state index in [1.165, 1.54) is 11.1 Å². The molecule has 0 saturated heterocycles. The smallest absolute Gasteiger partial charge is 0.115 e. The van der Waals surface area contributed by atoms with Crippen LogP contribution in [0.2, 0.25) is 0 Å². The number of benzene rings is 1. The summed E-state index contributed by atoms with van der Waals surface area (Å²) in [6, 6.07) is 5.64. The molecule has 82 valence electrons. The zero-order valence-electron chi connectivity index (χ0n) is 9.42. The van der Waals surface area contributed by atoms with E-state index in [0.717, 1.165) is 25.9 Å². The number of fused-ring (bicyclic) bond motifs is 1. The first-order chi connectivity index (χ1) is 7.22. The SMILES string of the molecule is CCC1(CC)OCCc2cc(O)ccc21. The normalized spacial score (nSPS) is 18.5. The van der Waals surface area contributed by atoms with Crippen molar-refractivity contribution in [2.24, 2.45) is 0 Å². The van der Waals surface area contributed by atoms with Crippen molar-refractivity contribution in [2.75, 3.05) is 6.61 Å². The van der Waals surface area contributed by atoms with E-state index < -0.39 is 0 Å². The van der Waals surface area contributed by atoms with Gasteiger partial charge in [0.25, 0.3) is 0 Å². The largest absolute Gasteiger partial charge is 0.508 e. The Morgan fingerprint density at radius 2 is 2.07 bits per heavy atom. The molecule has 0 unspecified atom stereocenters. The number of ether oxygens (including phenoxy) is 1. The van der Waals surface area contributed by atoms with Gasteiger partial charge in [-0.25, -0.2) is 0 Å². The molecular formula is C13H18O2. The van der Waals surface area contributed by atoms with Gasteiger partial charge in [-0.3, -0.25) is 0 Å². The van der Waals surface area contributed by atoms with Crippen LogP contribution in [0.1, 0.15) is 37.8 Å². The van der Waals surface area contributed by atoms with Crippen LogP contribution in [0.3, 0.4) is 0 Å². The van der Waals surface area contributed by atoms with Crippen molar-refractivity contribution in [3.05, 3.63) is 29.3 Å². The fraction of sp³-hybridized carbons (Fsp3) is 0.538. The number of rotatable bonds is 2. The van der Waals surface area contributed by atoms with E-state index >= 15 is 0 Å². The molecule has 2 nitrogen and oxygen atoms in total. The minimum absolute atomic E-state index is 0.124. The molecule has 15 heavy (non-hydrogen) atoms. The number of hydrogen-bond acceptors (Lipinski definition) is 2. The zero-order chi connectivity index (χ0) is 10.9. The van der Waals surface area contributed by atoms with Gasteiger partial charge in [-0.2, -0.15) is 0 Å². The lowest BCUT2D eigenvalue weighted by Gasteiger charge is -2.38. The van der Waals surface area contributed by atoms with Crippen molar-refractivity contribution in [1.82, 2.24) is 0 Å². The van der Waals surface area contributed by atoms with Crippen molar-refractivity contribution in [3.63, 3.8) is 0 Å². The molecule has 1 aromatic carbocycles. The quantitative estimate of drug-likeness (QED) is 0.806. The van der Waals surface area contributed by atoms with E-state index in [4.69, 9.17) is 4.74 Å². The van der Waals surface area contributed by atoms with E-state index in [-0.39, 0.29) is 5.60 Å². The van der Waals surface area contributed by atoms with Gasteiger partial charge in [-0.1, -0.05) is 19.9 Å². The predicted octanol–water partition coefficient (Wildman–Crippen LogP) is 2.98. The Hall–Kier alpha value is -1.02. The molecule has 1 aliphatic heterocycles. The molecule has 0 amide bonds. The highest BCUT2D eigenvalue weighted by atomic mass is 16.5. The van der Waals surface area contributed by atoms with Gasteiger partial charge in [-0.05, 0) is 42.5 Å². The van der Waals surface area contributed by atoms with E-state index in [9.17, 15) is 5.11 Å². The molecule has 2 heteroatoms. The summed E-state index contributed by atoms with van der Waals surface area (Å²) >= 11 is 0. The average molecular weight is 206 g/mol. The van der Waals surface area contributed by atoms with Crippen LogP contribution in [0, 0.1) is 0 Å². The Morgan fingerprint density at radius 3 is 2.73 bits per heavy atom. The first-order valence-corrected chi connectivity index (χ1v) is 5.68. The molecule has 0 fully saturated rings. The molecular weight excluding hydrogens is 188 g/mol. The Morgan fingerprint density at radius 1 is 1.33 bits per heavy atom. The molecule has 1 aromatic rings. The van der Waals surface area contributed by atoms with Gasteiger partial charge < -0.3 is 9.84 Å². The minimum atomic E-state index is -0.124. The molecule has 1 N–H and O–H groups in total. The fourth-order valence-electron chi connectivity index (χ4n) is 2.50. The standard InChI is InChI=1S/C13H18O2/c1-3-13(4-2)12-6-5-11(14)9-10(12)7-8-15-13/h5-6,9,14H,3-4,7-8H2,1-2H3. The lowest BCUT2D eigenvalue weighted by molar-refractivity contribution is -0.0662. The molecule has 2 rings (SSSR count). The number of phenols is 1. The van der Waals surface area contributed by atoms with Crippen molar-refractivity contribution < 1.29 is 9.84 Å². The van der Waals surface area contributed by atoms with Crippen LogP contribution in [0.4, 0.5) is 0 Å². The molecule has 1 heterocycles. The highest BCUT2D eigenvalue weighted by Gasteiger charge is 2.34. The van der Waals surface area contributed by atoms with Gasteiger partial charge in [0.2, 0.25) is 0 Å². The second kappa shape index (κ2) is 3.86. The average Bonchev–Trinajstić information content (AvgIpc) is 2.27. The molecule has 0 radical (unpaired) electrons. The van der Waals surface area contributed by atoms with Crippen LogP contribution < -0.4 is 0 Å². The van der Waals surface area contributed by atoms with Crippen molar-refractivity contribution in [3.8, 4) is 5.75 Å². The number of aromatic hydroxyl groups is 1. The molecule has 0 atom stereocenters. The second-order valence-corrected chi connectivity index (χ2v) is 4.14. The highest BCUT2D eigenvalue weighted by Crippen LogP contribution is 2.39. The first kappa shape index (κ1) is 10.5. The number of hydrogen-bond donors (Lipinski definition) is 1. The second-order valence-electron chi connectivity index (χ2n) is 4.14. The van der Waals surface area contributed by atoms with E-state index in [1.54, 1.807) is 6.07 Å². The van der Waals surface area contributed by atoms with Crippen molar-refractivity contribution >= 4 is 0 Å². The predicted molar refractivity (Wildman–Crippen MR) is 60.0 cm³/mol. The van der Waals surface area contributed by atoms with Gasteiger partial charge in [0, 0.05) is 0 Å². The maximum absolute atomic E-state index is 9.46. The zero-order valence-corrected chi connectivity index (χ0v) is 9.42. The topological polar surface area (TPSA) is 29.5 Å². The molecule has 0 aromatic heterocycles. The Bertz CT molecular complexity index is 354. The minimum Gasteiger partial charge on any atom is -0.508 e. The summed E-state index contributed by atoms with van der Waals surface area (Å²) in [5.74, 6) is 0.358. The van der Waals surface area contributed by atoms with Crippen molar-refractivity contribution in [1.29, 1.82) is 0 Å². The summed E-state index contributed by atoms with van der Waals surface area (Å²) in [7, 11) is 0. The number of phenolic OH excluding ortho intramolecular Hbond substituents is 1. The summed E-state index contributed by atoms with van der Waals surface area (Å²) < 4.78 is 5.95. The lowest BCUT2D eigenvalue weighted by Crippen LogP contribution is -2.34. The summed E-state index contributed by atoms with van der Waals surface area (Å²) in [6.07, 6.45) is 2.88. The third kappa shape index (κ3) is 1.63. The summed E-state index contributed by atoms with van der Waals surface area (Å²) in [5.41, 5.74) is 2.38. The monoisotopic (exact) mass is 206 g/mol. The van der Waals surface area contributed by atoms with Gasteiger partial charge in [-0.15, -0.1) is 0 Å². The van der Waals surface area contributed by atoms with Gasteiger partial charge >= 0.3 is 0 Å². The third-order valence-electron chi connectivity index (χ3n) is 3.47. The van der Waals surface area contributed by atoms with Crippen LogP contribution in [0.25, 0.3) is 0 Å². The first-order valence-electron chi connectivity index (χ1n) is 5.68. The van der Waals surface area contributed by atoms with Crippen molar-refractivity contribution in [2.45, 2.75) is 38.7 Å². The van der Waals surface area contributed by atoms with Crippen LogP contribution in [-0.4, -0.2) is 11.7 Å². The Kier molecular flexibility index (Phi) is 2.70. The van der Waals surface area contributed by atoms with Gasteiger partial charge in [0.15, 0.2) is 0 Å². The lowest BCUT2D eigenvalue weighted by atomic mass is 9.82. The maximum atomic E-state index is 9.46. The van der Waals surface area contributed by atoms with Crippen LogP contribution >= 0.6 is 0 Å². The highest BCUT2D eigenvalue weighted by molar-refractivity contribution is 5.39. The third-order valence-corrected chi connectivity index (χ3v) is 3.47. The molecule has 0 bridgehead atoms. The van der Waals surface area contributed by atoms with Crippen LogP contribution in [0.5, 0.6) is 5.75 Å².